The number of methoxy groups -OCH3 is 1. The number of carbonyl (C=O) groups is 1. The minimum Gasteiger partial charge on any atom is -0.453 e. The van der Waals surface area contributed by atoms with E-state index in [0.717, 1.165) is 11.1 Å². The van der Waals surface area contributed by atoms with Crippen molar-refractivity contribution in [3.63, 3.8) is 0 Å². The Morgan fingerprint density at radius 2 is 2.19 bits per heavy atom. The number of rotatable bonds is 3. The fourth-order valence-corrected chi connectivity index (χ4v) is 1.28. The van der Waals surface area contributed by atoms with Crippen molar-refractivity contribution in [3.05, 3.63) is 29.3 Å². The highest BCUT2D eigenvalue weighted by Gasteiger charge is 2.12. The summed E-state index contributed by atoms with van der Waals surface area (Å²) in [6, 6.07) is 5.03. The molecule has 0 unspecified atom stereocenters. The number of aryl methyl sites for hydroxylation is 1. The molecule has 1 amide bonds. The van der Waals surface area contributed by atoms with E-state index in [-0.39, 0.29) is 0 Å². The summed E-state index contributed by atoms with van der Waals surface area (Å²) in [6.45, 7) is 2.17. The number of amides is 1. The summed E-state index contributed by atoms with van der Waals surface area (Å²) in [7, 11) is -0.215. The van der Waals surface area contributed by atoms with E-state index in [9.17, 15) is 4.79 Å². The summed E-state index contributed by atoms with van der Waals surface area (Å²) in [5.41, 5.74) is 2.17. The molecule has 0 aliphatic heterocycles. The van der Waals surface area contributed by atoms with Crippen LogP contribution in [0.1, 0.15) is 11.1 Å². The van der Waals surface area contributed by atoms with E-state index in [2.05, 4.69) is 10.1 Å². The summed E-state index contributed by atoms with van der Waals surface area (Å²) in [6.07, 6.45) is -0.519. The molecule has 6 heteroatoms. The van der Waals surface area contributed by atoms with Crippen LogP contribution in [0.5, 0.6) is 0 Å². The van der Waals surface area contributed by atoms with E-state index < -0.39 is 13.2 Å². The molecule has 5 nitrogen and oxygen atoms in total. The second kappa shape index (κ2) is 5.53. The quantitative estimate of drug-likeness (QED) is 0.605. The van der Waals surface area contributed by atoms with Crippen LogP contribution in [0.25, 0.3) is 0 Å². The van der Waals surface area contributed by atoms with Crippen LogP contribution in [-0.2, 0) is 11.3 Å². The molecule has 0 aromatic heterocycles. The maximum absolute atomic E-state index is 10.9. The molecule has 86 valence electrons. The molecule has 0 aliphatic rings. The molecule has 16 heavy (non-hydrogen) atoms. The summed E-state index contributed by atoms with van der Waals surface area (Å²) >= 11 is 0. The largest absolute Gasteiger partial charge is 0.488 e. The lowest BCUT2D eigenvalue weighted by molar-refractivity contribution is 0.170. The van der Waals surface area contributed by atoms with Gasteiger partial charge in [0, 0.05) is 6.54 Å². The van der Waals surface area contributed by atoms with Crippen LogP contribution in [0.15, 0.2) is 18.2 Å². The maximum Gasteiger partial charge on any atom is 0.488 e. The Kier molecular flexibility index (Phi) is 4.33. The number of benzene rings is 1. The van der Waals surface area contributed by atoms with E-state index in [1.807, 2.05) is 6.92 Å². The van der Waals surface area contributed by atoms with Gasteiger partial charge in [-0.2, -0.15) is 0 Å². The molecule has 0 fully saturated rings. The molecule has 3 N–H and O–H groups in total. The normalized spacial score (nSPS) is 9.75. The average Bonchev–Trinajstić information content (AvgIpc) is 2.27. The summed E-state index contributed by atoms with van der Waals surface area (Å²) in [5.74, 6) is 0. The lowest BCUT2D eigenvalue weighted by atomic mass is 9.79. The standard InChI is InChI=1S/C10H14BNO4/c1-7-3-4-9(11(14)15)5-8(7)6-12-10(13)16-2/h3-5,14-15H,6H2,1-2H3,(H,12,13). The van der Waals surface area contributed by atoms with Crippen LogP contribution < -0.4 is 10.8 Å². The Bertz CT molecular complexity index is 381. The first-order valence-corrected chi connectivity index (χ1v) is 4.82. The van der Waals surface area contributed by atoms with Gasteiger partial charge in [-0.15, -0.1) is 0 Å². The van der Waals surface area contributed by atoms with Crippen molar-refractivity contribution in [2.75, 3.05) is 7.11 Å². The Morgan fingerprint density at radius 1 is 1.50 bits per heavy atom. The van der Waals surface area contributed by atoms with Gasteiger partial charge < -0.3 is 20.1 Å². The molecule has 0 spiro atoms. The van der Waals surface area contributed by atoms with E-state index in [1.54, 1.807) is 18.2 Å². The van der Waals surface area contributed by atoms with Gasteiger partial charge >= 0.3 is 13.2 Å². The fraction of sp³-hybridized carbons (Fsp3) is 0.300. The second-order valence-corrected chi connectivity index (χ2v) is 3.40. The van der Waals surface area contributed by atoms with Crippen molar-refractivity contribution in [3.8, 4) is 0 Å². The van der Waals surface area contributed by atoms with Crippen LogP contribution >= 0.6 is 0 Å². The first kappa shape index (κ1) is 12.5. The predicted octanol–water partition coefficient (Wildman–Crippen LogP) is -0.469. The molecule has 0 saturated heterocycles. The van der Waals surface area contributed by atoms with Crippen molar-refractivity contribution >= 4 is 18.7 Å². The molecule has 0 aliphatic carbocycles. The monoisotopic (exact) mass is 223 g/mol. The number of carbonyl (C=O) groups excluding carboxylic acids is 1. The minimum atomic E-state index is -1.50. The first-order chi connectivity index (χ1) is 7.54. The Labute approximate surface area is 94.2 Å². The van der Waals surface area contributed by atoms with E-state index in [0.29, 0.717) is 12.0 Å². The van der Waals surface area contributed by atoms with Crippen LogP contribution in [0.4, 0.5) is 4.79 Å². The highest BCUT2D eigenvalue weighted by Crippen LogP contribution is 2.05. The zero-order valence-corrected chi connectivity index (χ0v) is 9.23. The van der Waals surface area contributed by atoms with Gasteiger partial charge in [0.25, 0.3) is 0 Å². The topological polar surface area (TPSA) is 78.8 Å². The Hall–Kier alpha value is -1.53. The van der Waals surface area contributed by atoms with Gasteiger partial charge in [-0.05, 0) is 23.5 Å². The van der Waals surface area contributed by atoms with Crippen LogP contribution in [0, 0.1) is 6.92 Å². The van der Waals surface area contributed by atoms with Gasteiger partial charge in [-0.1, -0.05) is 18.2 Å². The zero-order valence-electron chi connectivity index (χ0n) is 9.23. The second-order valence-electron chi connectivity index (χ2n) is 3.40. The van der Waals surface area contributed by atoms with Gasteiger partial charge in [0.05, 0.1) is 7.11 Å². The SMILES string of the molecule is COC(=O)NCc1cc(B(O)O)ccc1C. The third-order valence-corrected chi connectivity index (χ3v) is 2.28. The van der Waals surface area contributed by atoms with Gasteiger partial charge in [0.1, 0.15) is 0 Å². The number of hydrogen-bond donors (Lipinski definition) is 3. The molecule has 0 radical (unpaired) electrons. The molecular formula is C10H14BNO4. The van der Waals surface area contributed by atoms with Gasteiger partial charge in [-0.3, -0.25) is 0 Å². The van der Waals surface area contributed by atoms with Crippen molar-refractivity contribution in [1.82, 2.24) is 5.32 Å². The summed E-state index contributed by atoms with van der Waals surface area (Å²) in [4.78, 5) is 10.9. The average molecular weight is 223 g/mol. The third kappa shape index (κ3) is 3.25. The summed E-state index contributed by atoms with van der Waals surface area (Å²) in [5, 5.41) is 20.5. The molecule has 0 saturated carbocycles. The molecule has 1 aromatic rings. The first-order valence-electron chi connectivity index (χ1n) is 4.82. The Balaban J connectivity index is 2.78. The smallest absolute Gasteiger partial charge is 0.453 e. The van der Waals surface area contributed by atoms with E-state index >= 15 is 0 Å². The molecular weight excluding hydrogens is 209 g/mol. The lowest BCUT2D eigenvalue weighted by Gasteiger charge is -2.09. The Morgan fingerprint density at radius 3 is 2.75 bits per heavy atom. The number of nitrogens with one attached hydrogen (secondary N) is 1. The molecule has 0 heterocycles. The van der Waals surface area contributed by atoms with Crippen molar-refractivity contribution in [1.29, 1.82) is 0 Å². The predicted molar refractivity (Wildman–Crippen MR) is 60.2 cm³/mol. The maximum atomic E-state index is 10.9. The minimum absolute atomic E-state index is 0.291. The van der Waals surface area contributed by atoms with Crippen LogP contribution in [0.2, 0.25) is 0 Å². The molecule has 1 rings (SSSR count). The van der Waals surface area contributed by atoms with Crippen LogP contribution in [0.3, 0.4) is 0 Å². The molecule has 0 atom stereocenters. The highest BCUT2D eigenvalue weighted by atomic mass is 16.5. The van der Waals surface area contributed by atoms with E-state index in [1.165, 1.54) is 7.11 Å². The fourth-order valence-electron chi connectivity index (χ4n) is 1.28. The third-order valence-electron chi connectivity index (χ3n) is 2.28. The van der Waals surface area contributed by atoms with E-state index in [4.69, 9.17) is 10.0 Å². The van der Waals surface area contributed by atoms with Gasteiger partial charge in [0.15, 0.2) is 0 Å². The van der Waals surface area contributed by atoms with Gasteiger partial charge in [0.2, 0.25) is 0 Å². The zero-order chi connectivity index (χ0) is 12.1. The van der Waals surface area contributed by atoms with Crippen molar-refractivity contribution in [2.45, 2.75) is 13.5 Å². The van der Waals surface area contributed by atoms with Crippen molar-refractivity contribution in [2.24, 2.45) is 0 Å². The summed E-state index contributed by atoms with van der Waals surface area (Å²) < 4.78 is 4.44. The molecule has 0 bridgehead atoms. The van der Waals surface area contributed by atoms with Crippen LogP contribution in [-0.4, -0.2) is 30.4 Å². The van der Waals surface area contributed by atoms with Crippen molar-refractivity contribution < 1.29 is 19.6 Å². The highest BCUT2D eigenvalue weighted by molar-refractivity contribution is 6.58. The van der Waals surface area contributed by atoms with Gasteiger partial charge in [-0.25, -0.2) is 4.79 Å². The molecule has 1 aromatic carbocycles. The number of hydrogen-bond acceptors (Lipinski definition) is 4. The number of ether oxygens (including phenoxy) is 1. The lowest BCUT2D eigenvalue weighted by Crippen LogP contribution is -2.31. The number of alkyl carbamates (subject to hydrolysis) is 1.